The molecule has 0 aliphatic heterocycles. The fourth-order valence-electron chi connectivity index (χ4n) is 1.50. The molecule has 0 atom stereocenters. The summed E-state index contributed by atoms with van der Waals surface area (Å²) >= 11 is 6.44. The van der Waals surface area contributed by atoms with Gasteiger partial charge in [0, 0.05) is 11.8 Å². The Labute approximate surface area is 126 Å². The Kier molecular flexibility index (Phi) is 4.49. The van der Waals surface area contributed by atoms with E-state index in [9.17, 15) is 10.1 Å². The third-order valence-corrected chi connectivity index (χ3v) is 3.50. The van der Waals surface area contributed by atoms with Crippen molar-refractivity contribution in [3.05, 3.63) is 61.3 Å². The summed E-state index contributed by atoms with van der Waals surface area (Å²) in [4.78, 5) is 14.7. The van der Waals surface area contributed by atoms with Crippen LogP contribution in [0.15, 0.2) is 45.5 Å². The maximum Gasteiger partial charge on any atom is 0.285 e. The molecule has 0 amide bonds. The number of hydrogen-bond acceptors (Lipinski definition) is 4. The van der Waals surface area contributed by atoms with E-state index in [1.165, 1.54) is 6.07 Å². The second-order valence-corrected chi connectivity index (χ2v) is 5.40. The number of benzene rings is 1. The lowest BCUT2D eigenvalue weighted by molar-refractivity contribution is -0.385. The average Bonchev–Trinajstić information content (AvgIpc) is 2.37. The Bertz CT molecular complexity index is 620. The molecule has 0 fully saturated rings. The first-order valence-corrected chi connectivity index (χ1v) is 6.94. The highest BCUT2D eigenvalue weighted by Gasteiger charge is 2.12. The zero-order chi connectivity index (χ0) is 13.8. The number of halogens is 2. The molecule has 7 heteroatoms. The summed E-state index contributed by atoms with van der Waals surface area (Å²) in [5.74, 6) is 0. The van der Waals surface area contributed by atoms with Crippen molar-refractivity contribution in [2.75, 3.05) is 5.32 Å². The number of nitro benzene ring substituents is 1. The van der Waals surface area contributed by atoms with Crippen LogP contribution in [-0.2, 0) is 6.54 Å². The average molecular weight is 387 g/mol. The van der Waals surface area contributed by atoms with Crippen LogP contribution in [-0.4, -0.2) is 9.91 Å². The zero-order valence-electron chi connectivity index (χ0n) is 9.64. The van der Waals surface area contributed by atoms with Gasteiger partial charge in [0.1, 0.15) is 4.60 Å². The zero-order valence-corrected chi connectivity index (χ0v) is 12.8. The molecule has 1 aromatic heterocycles. The van der Waals surface area contributed by atoms with Crippen molar-refractivity contribution in [3.63, 3.8) is 0 Å². The molecular weight excluding hydrogens is 378 g/mol. The lowest BCUT2D eigenvalue weighted by Crippen LogP contribution is -2.02. The fourth-order valence-corrected chi connectivity index (χ4v) is 2.28. The van der Waals surface area contributed by atoms with Crippen LogP contribution in [0.1, 0.15) is 5.69 Å². The molecule has 2 rings (SSSR count). The summed E-state index contributed by atoms with van der Waals surface area (Å²) in [7, 11) is 0. The SMILES string of the molecule is O=[N+]([O-])c1cc(NCc2cccc(Br)n2)ccc1Br. The second-order valence-electron chi connectivity index (χ2n) is 3.73. The molecule has 98 valence electrons. The molecule has 0 saturated heterocycles. The minimum absolute atomic E-state index is 0.0344. The van der Waals surface area contributed by atoms with Gasteiger partial charge in [0.2, 0.25) is 0 Å². The lowest BCUT2D eigenvalue weighted by Gasteiger charge is -2.06. The van der Waals surface area contributed by atoms with Crippen LogP contribution >= 0.6 is 31.9 Å². The van der Waals surface area contributed by atoms with Crippen LogP contribution in [0.2, 0.25) is 0 Å². The van der Waals surface area contributed by atoms with Crippen molar-refractivity contribution in [2.45, 2.75) is 6.54 Å². The van der Waals surface area contributed by atoms with Crippen LogP contribution in [0.25, 0.3) is 0 Å². The molecule has 2 aromatic rings. The predicted molar refractivity (Wildman–Crippen MR) is 80.1 cm³/mol. The van der Waals surface area contributed by atoms with Gasteiger partial charge in [0.15, 0.2) is 0 Å². The third kappa shape index (κ3) is 3.74. The van der Waals surface area contributed by atoms with Crippen molar-refractivity contribution in [1.29, 1.82) is 0 Å². The van der Waals surface area contributed by atoms with Gasteiger partial charge in [-0.3, -0.25) is 10.1 Å². The van der Waals surface area contributed by atoms with Gasteiger partial charge in [-0.2, -0.15) is 0 Å². The van der Waals surface area contributed by atoms with Gasteiger partial charge in [-0.25, -0.2) is 4.98 Å². The summed E-state index contributed by atoms with van der Waals surface area (Å²) in [5, 5.41) is 13.9. The second kappa shape index (κ2) is 6.12. The Morgan fingerprint density at radius 3 is 2.74 bits per heavy atom. The van der Waals surface area contributed by atoms with Gasteiger partial charge in [-0.05, 0) is 56.1 Å². The van der Waals surface area contributed by atoms with Crippen LogP contribution in [0.3, 0.4) is 0 Å². The van der Waals surface area contributed by atoms with E-state index in [1.807, 2.05) is 18.2 Å². The fraction of sp³-hybridized carbons (Fsp3) is 0.0833. The van der Waals surface area contributed by atoms with Crippen LogP contribution in [0, 0.1) is 10.1 Å². The molecule has 1 heterocycles. The first kappa shape index (κ1) is 14.0. The van der Waals surface area contributed by atoms with Gasteiger partial charge < -0.3 is 5.32 Å². The van der Waals surface area contributed by atoms with Crippen LogP contribution in [0.4, 0.5) is 11.4 Å². The van der Waals surface area contributed by atoms with Gasteiger partial charge in [-0.1, -0.05) is 6.07 Å². The van der Waals surface area contributed by atoms with Crippen molar-refractivity contribution < 1.29 is 4.92 Å². The largest absolute Gasteiger partial charge is 0.379 e. The van der Waals surface area contributed by atoms with E-state index in [-0.39, 0.29) is 5.69 Å². The topological polar surface area (TPSA) is 68.1 Å². The molecule has 0 radical (unpaired) electrons. The summed E-state index contributed by atoms with van der Waals surface area (Å²) in [6.45, 7) is 0.498. The highest BCUT2D eigenvalue weighted by atomic mass is 79.9. The van der Waals surface area contributed by atoms with E-state index in [0.717, 1.165) is 10.3 Å². The van der Waals surface area contributed by atoms with Gasteiger partial charge in [0.25, 0.3) is 5.69 Å². The van der Waals surface area contributed by atoms with E-state index in [2.05, 4.69) is 42.2 Å². The van der Waals surface area contributed by atoms with Crippen molar-refractivity contribution in [2.24, 2.45) is 0 Å². The monoisotopic (exact) mass is 385 g/mol. The maximum absolute atomic E-state index is 10.8. The molecule has 19 heavy (non-hydrogen) atoms. The number of anilines is 1. The number of nitrogens with zero attached hydrogens (tertiary/aromatic N) is 2. The van der Waals surface area contributed by atoms with E-state index >= 15 is 0 Å². The Morgan fingerprint density at radius 2 is 2.05 bits per heavy atom. The first-order chi connectivity index (χ1) is 9.06. The Morgan fingerprint density at radius 1 is 1.26 bits per heavy atom. The Balaban J connectivity index is 2.12. The van der Waals surface area contributed by atoms with Crippen molar-refractivity contribution >= 4 is 43.2 Å². The molecule has 0 unspecified atom stereocenters. The normalized spacial score (nSPS) is 10.2. The number of pyridine rings is 1. The maximum atomic E-state index is 10.8. The van der Waals surface area contributed by atoms with E-state index in [4.69, 9.17) is 0 Å². The van der Waals surface area contributed by atoms with Crippen LogP contribution < -0.4 is 5.32 Å². The summed E-state index contributed by atoms with van der Waals surface area (Å²) in [6, 6.07) is 10.5. The molecule has 0 bridgehead atoms. The van der Waals surface area contributed by atoms with E-state index in [1.54, 1.807) is 12.1 Å². The highest BCUT2D eigenvalue weighted by molar-refractivity contribution is 9.10. The van der Waals surface area contributed by atoms with E-state index < -0.39 is 4.92 Å². The smallest absolute Gasteiger partial charge is 0.285 e. The molecular formula is C12H9Br2N3O2. The molecule has 0 aliphatic rings. The molecule has 0 saturated carbocycles. The van der Waals surface area contributed by atoms with Gasteiger partial charge >= 0.3 is 0 Å². The Hall–Kier alpha value is -1.47. The molecule has 1 aromatic carbocycles. The highest BCUT2D eigenvalue weighted by Crippen LogP contribution is 2.27. The minimum Gasteiger partial charge on any atom is -0.379 e. The third-order valence-electron chi connectivity index (χ3n) is 2.39. The quantitative estimate of drug-likeness (QED) is 0.487. The number of nitrogens with one attached hydrogen (secondary N) is 1. The molecule has 0 spiro atoms. The van der Waals surface area contributed by atoms with Gasteiger partial charge in [-0.15, -0.1) is 0 Å². The van der Waals surface area contributed by atoms with E-state index in [0.29, 0.717) is 16.7 Å². The minimum atomic E-state index is -0.424. The number of nitro groups is 1. The van der Waals surface area contributed by atoms with Crippen LogP contribution in [0.5, 0.6) is 0 Å². The molecule has 5 nitrogen and oxygen atoms in total. The standard InChI is InChI=1S/C12H9Br2N3O2/c13-10-5-4-8(6-11(10)17(18)19)15-7-9-2-1-3-12(14)16-9/h1-6,15H,7H2. The number of rotatable bonds is 4. The summed E-state index contributed by atoms with van der Waals surface area (Å²) < 4.78 is 1.22. The summed E-state index contributed by atoms with van der Waals surface area (Å²) in [6.07, 6.45) is 0. The summed E-state index contributed by atoms with van der Waals surface area (Å²) in [5.41, 5.74) is 1.56. The lowest BCUT2D eigenvalue weighted by atomic mass is 10.2. The van der Waals surface area contributed by atoms with Gasteiger partial charge in [0.05, 0.1) is 21.6 Å². The number of hydrogen-bond donors (Lipinski definition) is 1. The van der Waals surface area contributed by atoms with Crippen molar-refractivity contribution in [3.8, 4) is 0 Å². The molecule has 0 aliphatic carbocycles. The molecule has 1 N–H and O–H groups in total. The number of aromatic nitrogens is 1. The predicted octanol–water partition coefficient (Wildman–Crippen LogP) is 4.13. The van der Waals surface area contributed by atoms with Crippen molar-refractivity contribution in [1.82, 2.24) is 4.98 Å². The first-order valence-electron chi connectivity index (χ1n) is 5.35.